The van der Waals surface area contributed by atoms with Crippen molar-refractivity contribution in [2.45, 2.75) is 20.3 Å². The molecule has 0 radical (unpaired) electrons. The van der Waals surface area contributed by atoms with Crippen LogP contribution < -0.4 is 4.74 Å². The molecule has 0 atom stereocenters. The number of aromatic hydroxyl groups is 1. The highest BCUT2D eigenvalue weighted by Gasteiger charge is 2.22. The standard InChI is InChI=1S/C22H22F2O4/c1-13(2)5-10-17-19(27-3)11-15(20(21(17)25)22(26)28-4)7-6-14-8-9-16(23)12-18(14)24/h5-9,11-12,25H,10H2,1-4H3/b7-6+. The molecule has 0 heterocycles. The summed E-state index contributed by atoms with van der Waals surface area (Å²) in [5.41, 5.74) is 1.83. The summed E-state index contributed by atoms with van der Waals surface area (Å²) < 4.78 is 37.1. The molecule has 0 bridgehead atoms. The third-order valence-electron chi connectivity index (χ3n) is 4.12. The summed E-state index contributed by atoms with van der Waals surface area (Å²) in [7, 11) is 2.65. The number of methoxy groups -OCH3 is 2. The number of carbonyl (C=O) groups excluding carboxylic acids is 1. The molecular formula is C22H22F2O4. The molecule has 28 heavy (non-hydrogen) atoms. The summed E-state index contributed by atoms with van der Waals surface area (Å²) in [4.78, 5) is 12.3. The number of ether oxygens (including phenoxy) is 2. The van der Waals surface area contributed by atoms with Gasteiger partial charge in [-0.1, -0.05) is 23.8 Å². The van der Waals surface area contributed by atoms with Crippen LogP contribution in [-0.4, -0.2) is 25.3 Å². The van der Waals surface area contributed by atoms with E-state index in [1.54, 1.807) is 6.07 Å². The van der Waals surface area contributed by atoms with Gasteiger partial charge >= 0.3 is 5.97 Å². The largest absolute Gasteiger partial charge is 0.507 e. The molecule has 0 aliphatic rings. The second-order valence-corrected chi connectivity index (χ2v) is 6.35. The second kappa shape index (κ2) is 9.17. The molecule has 0 amide bonds. The topological polar surface area (TPSA) is 55.8 Å². The van der Waals surface area contributed by atoms with Crippen LogP contribution in [0.25, 0.3) is 12.2 Å². The Hall–Kier alpha value is -3.15. The van der Waals surface area contributed by atoms with E-state index in [0.717, 1.165) is 17.7 Å². The van der Waals surface area contributed by atoms with Crippen molar-refractivity contribution in [1.82, 2.24) is 0 Å². The fourth-order valence-corrected chi connectivity index (χ4v) is 2.65. The zero-order valence-corrected chi connectivity index (χ0v) is 16.2. The number of phenols is 1. The van der Waals surface area contributed by atoms with Gasteiger partial charge in [0.1, 0.15) is 28.7 Å². The first kappa shape index (κ1) is 21.2. The summed E-state index contributed by atoms with van der Waals surface area (Å²) in [5.74, 6) is -2.05. The van der Waals surface area contributed by atoms with Gasteiger partial charge in [0.25, 0.3) is 0 Å². The molecule has 2 aromatic carbocycles. The van der Waals surface area contributed by atoms with E-state index >= 15 is 0 Å². The van der Waals surface area contributed by atoms with Crippen LogP contribution >= 0.6 is 0 Å². The maximum atomic E-state index is 13.9. The van der Waals surface area contributed by atoms with Gasteiger partial charge in [0, 0.05) is 17.2 Å². The van der Waals surface area contributed by atoms with Gasteiger partial charge in [0.05, 0.1) is 14.2 Å². The number of phenolic OH excluding ortho intramolecular Hbond substituents is 1. The Morgan fingerprint density at radius 3 is 2.36 bits per heavy atom. The number of allylic oxidation sites excluding steroid dienone is 2. The Balaban J connectivity index is 2.62. The number of esters is 1. The number of halogens is 2. The number of rotatable bonds is 6. The van der Waals surface area contributed by atoms with Crippen molar-refractivity contribution in [2.75, 3.05) is 14.2 Å². The molecule has 0 saturated heterocycles. The third-order valence-corrected chi connectivity index (χ3v) is 4.12. The van der Waals surface area contributed by atoms with Gasteiger partial charge in [0.15, 0.2) is 0 Å². The minimum Gasteiger partial charge on any atom is -0.507 e. The van der Waals surface area contributed by atoms with Crippen molar-refractivity contribution in [3.05, 3.63) is 69.8 Å². The van der Waals surface area contributed by atoms with Crippen LogP contribution in [0, 0.1) is 11.6 Å². The summed E-state index contributed by atoms with van der Waals surface area (Å²) in [6.45, 7) is 3.83. The van der Waals surface area contributed by atoms with E-state index in [1.807, 2.05) is 19.9 Å². The van der Waals surface area contributed by atoms with Crippen molar-refractivity contribution < 1.29 is 28.2 Å². The van der Waals surface area contributed by atoms with E-state index in [2.05, 4.69) is 0 Å². The monoisotopic (exact) mass is 388 g/mol. The normalized spacial score (nSPS) is 10.8. The molecule has 0 spiro atoms. The Labute approximate surface area is 162 Å². The van der Waals surface area contributed by atoms with Gasteiger partial charge in [-0.25, -0.2) is 13.6 Å². The highest BCUT2D eigenvalue weighted by Crippen LogP contribution is 2.36. The van der Waals surface area contributed by atoms with Crippen LogP contribution in [0.3, 0.4) is 0 Å². The predicted molar refractivity (Wildman–Crippen MR) is 104 cm³/mol. The number of carbonyl (C=O) groups is 1. The minimum atomic E-state index is -0.743. The Morgan fingerprint density at radius 2 is 1.79 bits per heavy atom. The highest BCUT2D eigenvalue weighted by atomic mass is 19.1. The van der Waals surface area contributed by atoms with E-state index in [-0.39, 0.29) is 22.4 Å². The Morgan fingerprint density at radius 1 is 1.11 bits per heavy atom. The average Bonchev–Trinajstić information content (AvgIpc) is 2.65. The van der Waals surface area contributed by atoms with Crippen molar-refractivity contribution in [2.24, 2.45) is 0 Å². The lowest BCUT2D eigenvalue weighted by atomic mass is 9.97. The molecule has 0 unspecified atom stereocenters. The van der Waals surface area contributed by atoms with Gasteiger partial charge in [-0.15, -0.1) is 0 Å². The smallest absolute Gasteiger partial charge is 0.342 e. The van der Waals surface area contributed by atoms with Crippen molar-refractivity contribution in [3.8, 4) is 11.5 Å². The van der Waals surface area contributed by atoms with Gasteiger partial charge in [-0.05, 0) is 44.0 Å². The lowest BCUT2D eigenvalue weighted by molar-refractivity contribution is 0.0597. The van der Waals surface area contributed by atoms with Crippen LogP contribution in [0.5, 0.6) is 11.5 Å². The number of benzene rings is 2. The molecule has 148 valence electrons. The number of hydrogen-bond donors (Lipinski definition) is 1. The molecule has 0 saturated carbocycles. The van der Waals surface area contributed by atoms with Crippen LogP contribution in [0.2, 0.25) is 0 Å². The summed E-state index contributed by atoms with van der Waals surface area (Å²) in [6.07, 6.45) is 5.07. The molecule has 4 nitrogen and oxygen atoms in total. The molecule has 0 aromatic heterocycles. The van der Waals surface area contributed by atoms with E-state index in [0.29, 0.717) is 17.7 Å². The molecule has 2 aromatic rings. The maximum absolute atomic E-state index is 13.9. The lowest BCUT2D eigenvalue weighted by Crippen LogP contribution is -2.07. The predicted octanol–water partition coefficient (Wildman–Crippen LogP) is 5.14. The first-order valence-electron chi connectivity index (χ1n) is 8.56. The summed E-state index contributed by atoms with van der Waals surface area (Å²) in [5, 5.41) is 10.7. The molecular weight excluding hydrogens is 366 g/mol. The van der Waals surface area contributed by atoms with E-state index in [1.165, 1.54) is 32.4 Å². The zero-order chi connectivity index (χ0) is 20.8. The second-order valence-electron chi connectivity index (χ2n) is 6.35. The molecule has 6 heteroatoms. The highest BCUT2D eigenvalue weighted by molar-refractivity contribution is 5.98. The SMILES string of the molecule is COC(=O)c1c(/C=C/c2ccc(F)cc2F)cc(OC)c(CC=C(C)C)c1O. The minimum absolute atomic E-state index is 0.0563. The molecule has 2 rings (SSSR count). The average molecular weight is 388 g/mol. The van der Waals surface area contributed by atoms with E-state index in [9.17, 15) is 18.7 Å². The van der Waals surface area contributed by atoms with Gasteiger partial charge < -0.3 is 14.6 Å². The van der Waals surface area contributed by atoms with Gasteiger partial charge in [0.2, 0.25) is 0 Å². The summed E-state index contributed by atoms with van der Waals surface area (Å²) >= 11 is 0. The first-order chi connectivity index (χ1) is 13.3. The van der Waals surface area contributed by atoms with Gasteiger partial charge in [-0.2, -0.15) is 0 Å². The Kier molecular flexibility index (Phi) is 6.93. The fourth-order valence-electron chi connectivity index (χ4n) is 2.65. The van der Waals surface area contributed by atoms with Crippen molar-refractivity contribution in [3.63, 3.8) is 0 Å². The fraction of sp³-hybridized carbons (Fsp3) is 0.227. The first-order valence-corrected chi connectivity index (χ1v) is 8.56. The zero-order valence-electron chi connectivity index (χ0n) is 16.2. The van der Waals surface area contributed by atoms with E-state index < -0.39 is 17.6 Å². The van der Waals surface area contributed by atoms with Crippen LogP contribution in [0.15, 0.2) is 35.9 Å². The van der Waals surface area contributed by atoms with Gasteiger partial charge in [-0.3, -0.25) is 0 Å². The van der Waals surface area contributed by atoms with Crippen molar-refractivity contribution in [1.29, 1.82) is 0 Å². The Bertz CT molecular complexity index is 942. The summed E-state index contributed by atoms with van der Waals surface area (Å²) in [6, 6.07) is 4.74. The van der Waals surface area contributed by atoms with Crippen LogP contribution in [-0.2, 0) is 11.2 Å². The van der Waals surface area contributed by atoms with E-state index in [4.69, 9.17) is 9.47 Å². The third kappa shape index (κ3) is 4.76. The molecule has 0 aliphatic heterocycles. The molecule has 1 N–H and O–H groups in total. The van der Waals surface area contributed by atoms with Crippen molar-refractivity contribution >= 4 is 18.1 Å². The quantitative estimate of drug-likeness (QED) is 0.423. The number of hydrogen-bond acceptors (Lipinski definition) is 4. The van der Waals surface area contributed by atoms with Crippen LogP contribution in [0.4, 0.5) is 8.78 Å². The maximum Gasteiger partial charge on any atom is 0.342 e. The molecule has 0 fully saturated rings. The lowest BCUT2D eigenvalue weighted by Gasteiger charge is -2.15. The van der Waals surface area contributed by atoms with Crippen LogP contribution in [0.1, 0.15) is 40.9 Å². The molecule has 0 aliphatic carbocycles.